The monoisotopic (exact) mass is 550 g/mol. The van der Waals surface area contributed by atoms with E-state index in [0.717, 1.165) is 11.4 Å². The summed E-state index contributed by atoms with van der Waals surface area (Å²) >= 11 is 4.85. The number of rotatable bonds is 12. The molecule has 182 valence electrons. The minimum atomic E-state index is -0.552. The summed E-state index contributed by atoms with van der Waals surface area (Å²) < 4.78 is 19.5. The van der Waals surface area contributed by atoms with Gasteiger partial charge in [0.2, 0.25) is 6.54 Å². The van der Waals surface area contributed by atoms with E-state index < -0.39 is 5.25 Å². The normalized spacial score (nSPS) is 11.8. The summed E-state index contributed by atoms with van der Waals surface area (Å²) in [5.74, 6) is 2.56. The highest BCUT2D eigenvalue weighted by Crippen LogP contribution is 2.43. The van der Waals surface area contributed by atoms with Gasteiger partial charge in [-0.05, 0) is 69.7 Å². The van der Waals surface area contributed by atoms with Crippen LogP contribution in [0.25, 0.3) is 5.69 Å². The van der Waals surface area contributed by atoms with E-state index in [1.165, 1.54) is 11.8 Å². The van der Waals surface area contributed by atoms with Crippen LogP contribution < -0.4 is 14.2 Å². The van der Waals surface area contributed by atoms with E-state index in [0.29, 0.717) is 52.3 Å². The van der Waals surface area contributed by atoms with E-state index in [-0.39, 0.29) is 11.5 Å². The quantitative estimate of drug-likeness (QED) is 0.162. The fourth-order valence-electron chi connectivity index (χ4n) is 3.37. The van der Waals surface area contributed by atoms with Crippen LogP contribution in [0.3, 0.4) is 0 Å². The number of aryl methyl sites for hydroxylation is 1. The molecule has 0 unspecified atom stereocenters. The number of thioether (sulfide) groups is 1. The Bertz CT molecular complexity index is 1120. The number of benzene rings is 2. The van der Waals surface area contributed by atoms with Crippen LogP contribution in [0.1, 0.15) is 37.4 Å². The molecular formula is C23H27BrN4O5S. The average Bonchev–Trinajstić information content (AvgIpc) is 3.16. The Morgan fingerprint density at radius 2 is 1.65 bits per heavy atom. The Hall–Kier alpha value is -2.79. The first-order valence-electron chi connectivity index (χ1n) is 10.9. The smallest absolute Gasteiger partial charge is 0.220 e. The number of aromatic nitrogens is 3. The zero-order chi connectivity index (χ0) is 24.7. The molecular weight excluding hydrogens is 524 g/mol. The number of halogens is 1. The van der Waals surface area contributed by atoms with Crippen molar-refractivity contribution in [3.63, 3.8) is 0 Å². The largest absolute Gasteiger partial charge is 0.494 e. The van der Waals surface area contributed by atoms with Gasteiger partial charge in [0.25, 0.3) is 0 Å². The van der Waals surface area contributed by atoms with Crippen LogP contribution in [0.2, 0.25) is 0 Å². The van der Waals surface area contributed by atoms with Crippen LogP contribution in [0.15, 0.2) is 46.0 Å². The molecule has 0 bridgehead atoms. The highest BCUT2D eigenvalue weighted by molar-refractivity contribution is 9.10. The van der Waals surface area contributed by atoms with Gasteiger partial charge < -0.3 is 14.2 Å². The summed E-state index contributed by atoms with van der Waals surface area (Å²) in [6, 6.07) is 11.2. The van der Waals surface area contributed by atoms with Crippen molar-refractivity contribution >= 4 is 27.7 Å². The molecule has 0 spiro atoms. The van der Waals surface area contributed by atoms with Crippen molar-refractivity contribution in [1.29, 1.82) is 0 Å². The third-order valence-electron chi connectivity index (χ3n) is 4.77. The van der Waals surface area contributed by atoms with Gasteiger partial charge in [-0.25, -0.2) is 0 Å². The molecule has 0 N–H and O–H groups in total. The highest BCUT2D eigenvalue weighted by atomic mass is 79.9. The van der Waals surface area contributed by atoms with Gasteiger partial charge in [-0.2, -0.15) is 0 Å². The Morgan fingerprint density at radius 3 is 2.24 bits per heavy atom. The van der Waals surface area contributed by atoms with E-state index >= 15 is 0 Å². The van der Waals surface area contributed by atoms with E-state index in [4.69, 9.17) is 14.2 Å². The van der Waals surface area contributed by atoms with Crippen LogP contribution in [-0.4, -0.2) is 46.1 Å². The highest BCUT2D eigenvalue weighted by Gasteiger charge is 2.27. The lowest BCUT2D eigenvalue weighted by molar-refractivity contribution is -0.479. The molecule has 2 aromatic carbocycles. The molecule has 3 aromatic rings. The third-order valence-corrected chi connectivity index (χ3v) is 6.62. The molecule has 0 fully saturated rings. The molecule has 1 heterocycles. The Labute approximate surface area is 211 Å². The van der Waals surface area contributed by atoms with E-state index in [2.05, 4.69) is 26.1 Å². The summed E-state index contributed by atoms with van der Waals surface area (Å²) in [4.78, 5) is 11.3. The zero-order valence-electron chi connectivity index (χ0n) is 19.5. The van der Waals surface area contributed by atoms with Crippen LogP contribution in [0.5, 0.6) is 17.2 Å². The molecule has 0 aliphatic rings. The summed E-state index contributed by atoms with van der Waals surface area (Å²) in [6.07, 6.45) is 0. The molecule has 0 radical (unpaired) electrons. The summed E-state index contributed by atoms with van der Waals surface area (Å²) in [5.41, 5.74) is 1.56. The van der Waals surface area contributed by atoms with Gasteiger partial charge in [0.15, 0.2) is 16.7 Å². The van der Waals surface area contributed by atoms with Crippen molar-refractivity contribution in [2.75, 3.05) is 26.4 Å². The predicted octanol–water partition coefficient (Wildman–Crippen LogP) is 5.64. The topological polar surface area (TPSA) is 102 Å². The van der Waals surface area contributed by atoms with Gasteiger partial charge in [-0.3, -0.25) is 14.7 Å². The summed E-state index contributed by atoms with van der Waals surface area (Å²) in [5, 5.41) is 20.1. The molecule has 0 aliphatic carbocycles. The number of hydrogen-bond donors (Lipinski definition) is 0. The predicted molar refractivity (Wildman–Crippen MR) is 134 cm³/mol. The molecule has 1 aromatic heterocycles. The molecule has 0 saturated heterocycles. The first kappa shape index (κ1) is 25.8. The van der Waals surface area contributed by atoms with E-state index in [1.807, 2.05) is 56.5 Å². The van der Waals surface area contributed by atoms with Crippen molar-refractivity contribution in [2.24, 2.45) is 0 Å². The number of nitro groups is 1. The lowest BCUT2D eigenvalue weighted by Crippen LogP contribution is -2.12. The van der Waals surface area contributed by atoms with Gasteiger partial charge in [0, 0.05) is 15.1 Å². The minimum Gasteiger partial charge on any atom is -0.494 e. The van der Waals surface area contributed by atoms with Gasteiger partial charge in [-0.15, -0.1) is 10.2 Å². The molecule has 0 saturated carbocycles. The summed E-state index contributed by atoms with van der Waals surface area (Å²) in [7, 11) is 0. The van der Waals surface area contributed by atoms with Crippen molar-refractivity contribution in [2.45, 2.75) is 38.1 Å². The van der Waals surface area contributed by atoms with Crippen LogP contribution in [-0.2, 0) is 0 Å². The second-order valence-corrected chi connectivity index (χ2v) is 9.12. The molecule has 11 heteroatoms. The maximum atomic E-state index is 11.6. The van der Waals surface area contributed by atoms with Gasteiger partial charge in [-0.1, -0.05) is 27.7 Å². The molecule has 34 heavy (non-hydrogen) atoms. The molecule has 0 amide bonds. The molecule has 9 nitrogen and oxygen atoms in total. The fraction of sp³-hybridized carbons (Fsp3) is 0.391. The van der Waals surface area contributed by atoms with E-state index in [1.54, 1.807) is 12.1 Å². The number of ether oxygens (including phenoxy) is 3. The lowest BCUT2D eigenvalue weighted by atomic mass is 10.1. The maximum absolute atomic E-state index is 11.6. The Morgan fingerprint density at radius 1 is 1.03 bits per heavy atom. The second kappa shape index (κ2) is 12.1. The lowest BCUT2D eigenvalue weighted by Gasteiger charge is -2.19. The fourth-order valence-corrected chi connectivity index (χ4v) is 5.32. The number of hydrogen-bond acceptors (Lipinski definition) is 8. The first-order chi connectivity index (χ1) is 16.4. The molecule has 1 atom stereocenters. The third kappa shape index (κ3) is 6.20. The molecule has 3 rings (SSSR count). The van der Waals surface area contributed by atoms with Crippen molar-refractivity contribution in [3.8, 4) is 22.9 Å². The van der Waals surface area contributed by atoms with Crippen LogP contribution in [0.4, 0.5) is 0 Å². The van der Waals surface area contributed by atoms with Crippen molar-refractivity contribution < 1.29 is 19.1 Å². The second-order valence-electron chi connectivity index (χ2n) is 7.10. The zero-order valence-corrected chi connectivity index (χ0v) is 21.9. The maximum Gasteiger partial charge on any atom is 0.220 e. The first-order valence-corrected chi connectivity index (χ1v) is 12.6. The van der Waals surface area contributed by atoms with Gasteiger partial charge in [0.05, 0.1) is 19.8 Å². The standard InChI is InChI=1S/C23H27BrN4O5S/c1-5-31-17-10-8-16(9-11-17)28-15(4)25-26-23(28)34-22(14-27(29)30)18-12-20(32-6-2)21(33-7-3)13-19(18)24/h8-13,22H,5-7,14H2,1-4H3/t22-/m0/s1. The van der Waals surface area contributed by atoms with E-state index in [9.17, 15) is 10.1 Å². The molecule has 0 aliphatic heterocycles. The number of nitrogens with zero attached hydrogens (tertiary/aromatic N) is 4. The summed E-state index contributed by atoms with van der Waals surface area (Å²) in [6.45, 7) is 8.73. The average molecular weight is 551 g/mol. The van der Waals surface area contributed by atoms with Crippen LogP contribution >= 0.6 is 27.7 Å². The van der Waals surface area contributed by atoms with Gasteiger partial charge >= 0.3 is 0 Å². The SMILES string of the molecule is CCOc1ccc(-n2c(C)nnc2S[C@@H](C[N+](=O)[O-])c2cc(OCC)c(OCC)cc2Br)cc1. The Balaban J connectivity index is 2.00. The Kier molecular flexibility index (Phi) is 9.17. The van der Waals surface area contributed by atoms with Crippen molar-refractivity contribution in [3.05, 3.63) is 62.4 Å². The minimum absolute atomic E-state index is 0.308. The van der Waals surface area contributed by atoms with Crippen LogP contribution in [0, 0.1) is 17.0 Å². The van der Waals surface area contributed by atoms with Crippen molar-refractivity contribution in [1.82, 2.24) is 14.8 Å². The van der Waals surface area contributed by atoms with Gasteiger partial charge in [0.1, 0.15) is 16.8 Å².